The Balaban J connectivity index is 1.79. The molecule has 1 amide bonds. The number of carbonyl (C=O) groups is 1. The number of aryl methyl sites for hydroxylation is 2. The van der Waals surface area contributed by atoms with Crippen molar-refractivity contribution in [1.82, 2.24) is 0 Å². The van der Waals surface area contributed by atoms with Crippen LogP contribution in [0, 0.1) is 28.7 Å². The van der Waals surface area contributed by atoms with E-state index in [0.29, 0.717) is 31.5 Å². The number of benzene rings is 3. The zero-order chi connectivity index (χ0) is 24.1. The lowest BCUT2D eigenvalue weighted by atomic mass is 10.1. The van der Waals surface area contributed by atoms with Crippen LogP contribution in [0.5, 0.6) is 5.75 Å². The Morgan fingerprint density at radius 2 is 1.94 bits per heavy atom. The minimum Gasteiger partial charge on any atom is -0.487 e. The molecule has 8 heteroatoms. The highest BCUT2D eigenvalue weighted by atomic mass is 127. The van der Waals surface area contributed by atoms with Crippen LogP contribution in [0.3, 0.4) is 0 Å². The average molecular weight is 656 g/mol. The minimum absolute atomic E-state index is 0.000658. The molecule has 0 atom stereocenters. The monoisotopic (exact) mass is 654 g/mol. The molecule has 0 fully saturated rings. The maximum atomic E-state index is 12.7. The first-order valence-corrected chi connectivity index (χ1v) is 12.4. The first kappa shape index (κ1) is 25.6. The largest absolute Gasteiger partial charge is 0.487 e. The van der Waals surface area contributed by atoms with E-state index >= 15 is 0 Å². The number of amides is 1. The van der Waals surface area contributed by atoms with Crippen LogP contribution in [-0.4, -0.2) is 5.91 Å². The van der Waals surface area contributed by atoms with Gasteiger partial charge in [-0.05, 0) is 99.9 Å². The van der Waals surface area contributed by atoms with Gasteiger partial charge in [-0.1, -0.05) is 47.0 Å². The van der Waals surface area contributed by atoms with Crippen LogP contribution in [0.1, 0.15) is 22.3 Å². The number of rotatable bonds is 6. The van der Waals surface area contributed by atoms with Gasteiger partial charge in [0.25, 0.3) is 5.91 Å². The van der Waals surface area contributed by atoms with E-state index in [2.05, 4.69) is 43.8 Å². The fraction of sp³-hybridized carbons (Fsp3) is 0.120. The SMILES string of the molecule is Cc1ccc(NC(=O)/C(C#N)=C/c2cc(Br)c(OCc3ccc(Cl)cc3Cl)c(I)c2)c(C)c1. The van der Waals surface area contributed by atoms with Crippen molar-refractivity contribution in [3.05, 3.63) is 94.4 Å². The van der Waals surface area contributed by atoms with Gasteiger partial charge in [-0.25, -0.2) is 0 Å². The number of anilines is 1. The van der Waals surface area contributed by atoms with Crippen molar-refractivity contribution >= 4 is 79.4 Å². The number of nitrogens with zero attached hydrogens (tertiary/aromatic N) is 1. The molecule has 3 aromatic rings. The van der Waals surface area contributed by atoms with Gasteiger partial charge in [0, 0.05) is 21.3 Å². The Bertz CT molecular complexity index is 1280. The van der Waals surface area contributed by atoms with Crippen molar-refractivity contribution in [1.29, 1.82) is 5.26 Å². The zero-order valence-electron chi connectivity index (χ0n) is 17.7. The van der Waals surface area contributed by atoms with E-state index in [4.69, 9.17) is 27.9 Å². The number of ether oxygens (including phenoxy) is 1. The first-order valence-electron chi connectivity index (χ1n) is 9.74. The van der Waals surface area contributed by atoms with Crippen molar-refractivity contribution in [3.8, 4) is 11.8 Å². The van der Waals surface area contributed by atoms with Gasteiger partial charge in [-0.3, -0.25) is 4.79 Å². The predicted molar refractivity (Wildman–Crippen MR) is 146 cm³/mol. The number of nitriles is 1. The van der Waals surface area contributed by atoms with Crippen molar-refractivity contribution in [3.63, 3.8) is 0 Å². The molecule has 168 valence electrons. The van der Waals surface area contributed by atoms with E-state index in [9.17, 15) is 10.1 Å². The van der Waals surface area contributed by atoms with Gasteiger partial charge in [0.2, 0.25) is 0 Å². The zero-order valence-corrected chi connectivity index (χ0v) is 22.9. The molecule has 0 aliphatic rings. The van der Waals surface area contributed by atoms with Crippen molar-refractivity contribution in [2.45, 2.75) is 20.5 Å². The van der Waals surface area contributed by atoms with E-state index in [1.807, 2.05) is 50.2 Å². The molecular weight excluding hydrogens is 638 g/mol. The molecule has 1 N–H and O–H groups in total. The van der Waals surface area contributed by atoms with Gasteiger partial charge in [0.1, 0.15) is 24.0 Å². The van der Waals surface area contributed by atoms with E-state index < -0.39 is 5.91 Å². The van der Waals surface area contributed by atoms with Crippen LogP contribution in [0.4, 0.5) is 5.69 Å². The van der Waals surface area contributed by atoms with Gasteiger partial charge < -0.3 is 10.1 Å². The van der Waals surface area contributed by atoms with Crippen LogP contribution in [-0.2, 0) is 11.4 Å². The summed E-state index contributed by atoms with van der Waals surface area (Å²) in [6.45, 7) is 4.16. The third-order valence-corrected chi connectivity index (χ3v) is 6.69. The standard InChI is InChI=1S/C25H18BrCl2IN2O2/c1-14-3-6-23(15(2)7-14)31-25(32)18(12-30)8-16-9-20(26)24(22(29)10-16)33-13-17-4-5-19(27)11-21(17)28/h3-11H,13H2,1-2H3,(H,31,32)/b18-8+. The van der Waals surface area contributed by atoms with E-state index in [1.54, 1.807) is 24.3 Å². The molecule has 0 saturated carbocycles. The third kappa shape index (κ3) is 6.73. The predicted octanol–water partition coefficient (Wildman–Crippen LogP) is 8.10. The molecule has 3 rings (SSSR count). The number of halogens is 4. The lowest BCUT2D eigenvalue weighted by Gasteiger charge is -2.13. The summed E-state index contributed by atoms with van der Waals surface area (Å²) in [7, 11) is 0. The van der Waals surface area contributed by atoms with Gasteiger partial charge in [-0.15, -0.1) is 0 Å². The molecule has 0 heterocycles. The molecule has 0 radical (unpaired) electrons. The van der Waals surface area contributed by atoms with Crippen LogP contribution in [0.2, 0.25) is 10.0 Å². The third-order valence-electron chi connectivity index (χ3n) is 4.71. The normalized spacial score (nSPS) is 11.1. The summed E-state index contributed by atoms with van der Waals surface area (Å²) >= 11 is 17.8. The van der Waals surface area contributed by atoms with E-state index in [-0.39, 0.29) is 12.2 Å². The summed E-state index contributed by atoms with van der Waals surface area (Å²) in [6.07, 6.45) is 1.55. The maximum absolute atomic E-state index is 12.7. The molecule has 0 saturated heterocycles. The molecular formula is C25H18BrCl2IN2O2. The van der Waals surface area contributed by atoms with Crippen LogP contribution >= 0.6 is 61.7 Å². The topological polar surface area (TPSA) is 62.1 Å². The fourth-order valence-corrected chi connectivity index (χ4v) is 5.28. The molecule has 4 nitrogen and oxygen atoms in total. The second-order valence-corrected chi connectivity index (χ2v) is 10.1. The Labute approximate surface area is 224 Å². The molecule has 0 unspecified atom stereocenters. The molecule has 0 aliphatic heterocycles. The van der Waals surface area contributed by atoms with Crippen LogP contribution in [0.25, 0.3) is 6.08 Å². The highest BCUT2D eigenvalue weighted by Gasteiger charge is 2.14. The van der Waals surface area contributed by atoms with Crippen LogP contribution in [0.15, 0.2) is 58.6 Å². The van der Waals surface area contributed by atoms with Crippen molar-refractivity contribution in [2.24, 2.45) is 0 Å². The molecule has 0 aliphatic carbocycles. The van der Waals surface area contributed by atoms with E-state index in [0.717, 1.165) is 20.3 Å². The smallest absolute Gasteiger partial charge is 0.266 e. The summed E-state index contributed by atoms with van der Waals surface area (Å²) < 4.78 is 7.47. The summed E-state index contributed by atoms with van der Waals surface area (Å²) in [5.74, 6) is 0.172. The second-order valence-electron chi connectivity index (χ2n) is 7.28. The maximum Gasteiger partial charge on any atom is 0.266 e. The molecule has 3 aromatic carbocycles. The molecule has 0 spiro atoms. The summed E-state index contributed by atoms with van der Waals surface area (Å²) in [5, 5.41) is 13.5. The van der Waals surface area contributed by atoms with Crippen molar-refractivity contribution < 1.29 is 9.53 Å². The lowest BCUT2D eigenvalue weighted by Crippen LogP contribution is -2.14. The second kappa shape index (κ2) is 11.4. The molecule has 33 heavy (non-hydrogen) atoms. The number of nitrogens with one attached hydrogen (secondary N) is 1. The summed E-state index contributed by atoms with van der Waals surface area (Å²) in [5.41, 5.74) is 4.20. The van der Waals surface area contributed by atoms with E-state index in [1.165, 1.54) is 0 Å². The van der Waals surface area contributed by atoms with Gasteiger partial charge in [0.15, 0.2) is 0 Å². The number of hydrogen-bond acceptors (Lipinski definition) is 3. The number of carbonyl (C=O) groups excluding carboxylic acids is 1. The van der Waals surface area contributed by atoms with Gasteiger partial charge in [-0.2, -0.15) is 5.26 Å². The van der Waals surface area contributed by atoms with Crippen LogP contribution < -0.4 is 10.1 Å². The Morgan fingerprint density at radius 3 is 2.58 bits per heavy atom. The Kier molecular flexibility index (Phi) is 8.82. The molecule has 0 aromatic heterocycles. The molecule has 0 bridgehead atoms. The lowest BCUT2D eigenvalue weighted by molar-refractivity contribution is -0.112. The number of hydrogen-bond donors (Lipinski definition) is 1. The van der Waals surface area contributed by atoms with Gasteiger partial charge in [0.05, 0.1) is 8.04 Å². The average Bonchev–Trinajstić information content (AvgIpc) is 2.74. The van der Waals surface area contributed by atoms with Gasteiger partial charge >= 0.3 is 0 Å². The first-order chi connectivity index (χ1) is 15.7. The summed E-state index contributed by atoms with van der Waals surface area (Å²) in [4.78, 5) is 12.7. The quantitative estimate of drug-likeness (QED) is 0.166. The highest BCUT2D eigenvalue weighted by Crippen LogP contribution is 2.34. The van der Waals surface area contributed by atoms with Crippen molar-refractivity contribution in [2.75, 3.05) is 5.32 Å². The minimum atomic E-state index is -0.465. The summed E-state index contributed by atoms with van der Waals surface area (Å²) in [6, 6.07) is 16.6. The Hall–Kier alpha value is -2.05. The highest BCUT2D eigenvalue weighted by molar-refractivity contribution is 14.1. The fourth-order valence-electron chi connectivity index (χ4n) is 3.05. The Morgan fingerprint density at radius 1 is 1.18 bits per heavy atom.